The third-order valence-corrected chi connectivity index (χ3v) is 5.12. The molecule has 0 heterocycles. The van der Waals surface area contributed by atoms with Gasteiger partial charge in [0.15, 0.2) is 0 Å². The van der Waals surface area contributed by atoms with Crippen molar-refractivity contribution in [3.63, 3.8) is 0 Å². The number of hydrogen-bond donors (Lipinski definition) is 0. The highest BCUT2D eigenvalue weighted by molar-refractivity contribution is 5.82. The van der Waals surface area contributed by atoms with Gasteiger partial charge in [-0.15, -0.1) is 0 Å². The average molecular weight is 296 g/mol. The number of rotatable bonds is 8. The number of carbonyl (C=O) groups is 1. The Labute approximate surface area is 132 Å². The van der Waals surface area contributed by atoms with Crippen LogP contribution < -0.4 is 0 Å². The second-order valence-electron chi connectivity index (χ2n) is 8.01. The van der Waals surface area contributed by atoms with Crippen LogP contribution in [0.5, 0.6) is 0 Å². The molecule has 1 aliphatic carbocycles. The summed E-state index contributed by atoms with van der Waals surface area (Å²) in [5.41, 5.74) is 0.344. The van der Waals surface area contributed by atoms with Crippen molar-refractivity contribution in [1.82, 2.24) is 4.90 Å². The zero-order valence-electron chi connectivity index (χ0n) is 15.1. The van der Waals surface area contributed by atoms with Gasteiger partial charge >= 0.3 is 0 Å². The molecule has 1 fully saturated rings. The highest BCUT2D eigenvalue weighted by Gasteiger charge is 2.35. The van der Waals surface area contributed by atoms with Gasteiger partial charge in [-0.05, 0) is 50.1 Å². The molecule has 2 heteroatoms. The molecule has 0 radical (unpaired) electrons. The Kier molecular flexibility index (Phi) is 7.94. The molecule has 0 spiro atoms. The van der Waals surface area contributed by atoms with Crippen LogP contribution in [-0.2, 0) is 4.79 Å². The van der Waals surface area contributed by atoms with E-state index in [1.54, 1.807) is 0 Å². The third-order valence-electron chi connectivity index (χ3n) is 5.12. The highest BCUT2D eigenvalue weighted by atomic mass is 16.1. The smallest absolute Gasteiger partial charge is 0.137 e. The van der Waals surface area contributed by atoms with Crippen LogP contribution in [-0.4, -0.2) is 30.3 Å². The fraction of sp³-hybridized carbons (Fsp3) is 0.947. The van der Waals surface area contributed by atoms with E-state index >= 15 is 0 Å². The minimum Gasteiger partial charge on any atom is -0.303 e. The molecule has 0 amide bonds. The second-order valence-corrected chi connectivity index (χ2v) is 8.01. The maximum atomic E-state index is 12.3. The summed E-state index contributed by atoms with van der Waals surface area (Å²) < 4.78 is 0. The lowest BCUT2D eigenvalue weighted by atomic mass is 9.68. The molecule has 2 atom stereocenters. The van der Waals surface area contributed by atoms with Crippen LogP contribution in [0.4, 0.5) is 0 Å². The van der Waals surface area contributed by atoms with Gasteiger partial charge in [0.2, 0.25) is 0 Å². The van der Waals surface area contributed by atoms with Gasteiger partial charge in [-0.2, -0.15) is 0 Å². The normalized spacial score (nSPS) is 23.8. The van der Waals surface area contributed by atoms with Gasteiger partial charge in [0.1, 0.15) is 5.78 Å². The van der Waals surface area contributed by atoms with Crippen molar-refractivity contribution in [3.05, 3.63) is 0 Å². The number of Topliss-reactive ketones (excluding diaryl/α,β-unsaturated/α-hetero) is 1. The molecule has 0 aromatic rings. The van der Waals surface area contributed by atoms with Gasteiger partial charge < -0.3 is 4.90 Å². The van der Waals surface area contributed by atoms with Crippen LogP contribution >= 0.6 is 0 Å². The summed E-state index contributed by atoms with van der Waals surface area (Å²) in [5, 5.41) is 0. The molecule has 0 N–H and O–H groups in total. The first kappa shape index (κ1) is 18.7. The molecule has 1 aliphatic rings. The summed E-state index contributed by atoms with van der Waals surface area (Å²) in [6, 6.07) is 0. The standard InChI is InChI=1S/C19H37NO/c1-6-8-12-20(13-9-7-2)15-16-14-17(19(3,4)5)10-11-18(16)21/h16-17H,6-15H2,1-5H3. The van der Waals surface area contributed by atoms with E-state index in [4.69, 9.17) is 0 Å². The van der Waals surface area contributed by atoms with Crippen molar-refractivity contribution in [2.24, 2.45) is 17.3 Å². The van der Waals surface area contributed by atoms with Gasteiger partial charge in [0.25, 0.3) is 0 Å². The van der Waals surface area contributed by atoms with Gasteiger partial charge in [-0.25, -0.2) is 0 Å². The minimum absolute atomic E-state index is 0.289. The van der Waals surface area contributed by atoms with Crippen LogP contribution in [0, 0.1) is 17.3 Å². The molecule has 0 saturated heterocycles. The molecule has 1 rings (SSSR count). The number of ketones is 1. The number of nitrogens with zero attached hydrogens (tertiary/aromatic N) is 1. The molecule has 2 unspecified atom stereocenters. The molecular formula is C19H37NO. The number of unbranched alkanes of at least 4 members (excludes halogenated alkanes) is 2. The lowest BCUT2D eigenvalue weighted by Crippen LogP contribution is -2.40. The molecule has 0 bridgehead atoms. The number of carbonyl (C=O) groups excluding carboxylic acids is 1. The van der Waals surface area contributed by atoms with E-state index in [0.29, 0.717) is 17.1 Å². The first-order valence-corrected chi connectivity index (χ1v) is 9.13. The molecule has 0 aliphatic heterocycles. The summed E-state index contributed by atoms with van der Waals surface area (Å²) in [6.45, 7) is 14.8. The Morgan fingerprint density at radius 3 is 2.14 bits per heavy atom. The summed E-state index contributed by atoms with van der Waals surface area (Å²) in [5.74, 6) is 1.52. The average Bonchev–Trinajstić information content (AvgIpc) is 2.42. The van der Waals surface area contributed by atoms with Gasteiger partial charge in [-0.1, -0.05) is 47.5 Å². The molecular weight excluding hydrogens is 258 g/mol. The summed E-state index contributed by atoms with van der Waals surface area (Å²) in [7, 11) is 0. The topological polar surface area (TPSA) is 20.3 Å². The molecule has 124 valence electrons. The van der Waals surface area contributed by atoms with E-state index in [1.807, 2.05) is 0 Å². The van der Waals surface area contributed by atoms with Crippen molar-refractivity contribution in [2.45, 2.75) is 79.6 Å². The van der Waals surface area contributed by atoms with Crippen LogP contribution in [0.1, 0.15) is 79.6 Å². The Morgan fingerprint density at radius 1 is 1.10 bits per heavy atom. The van der Waals surface area contributed by atoms with Crippen LogP contribution in [0.3, 0.4) is 0 Å². The van der Waals surface area contributed by atoms with Gasteiger partial charge in [0.05, 0.1) is 0 Å². The Balaban J connectivity index is 2.59. The van der Waals surface area contributed by atoms with E-state index in [9.17, 15) is 4.79 Å². The van der Waals surface area contributed by atoms with E-state index < -0.39 is 0 Å². The second kappa shape index (κ2) is 8.92. The van der Waals surface area contributed by atoms with E-state index in [2.05, 4.69) is 39.5 Å². The van der Waals surface area contributed by atoms with Crippen molar-refractivity contribution >= 4 is 5.78 Å². The first-order chi connectivity index (χ1) is 9.88. The number of hydrogen-bond acceptors (Lipinski definition) is 2. The maximum absolute atomic E-state index is 12.3. The van der Waals surface area contributed by atoms with Crippen LogP contribution in [0.25, 0.3) is 0 Å². The Morgan fingerprint density at radius 2 is 1.67 bits per heavy atom. The fourth-order valence-corrected chi connectivity index (χ4v) is 3.45. The molecule has 0 aromatic heterocycles. The lowest BCUT2D eigenvalue weighted by Gasteiger charge is -2.38. The van der Waals surface area contributed by atoms with Crippen molar-refractivity contribution in [3.8, 4) is 0 Å². The van der Waals surface area contributed by atoms with Crippen LogP contribution in [0.15, 0.2) is 0 Å². The largest absolute Gasteiger partial charge is 0.303 e. The van der Waals surface area contributed by atoms with Gasteiger partial charge in [-0.3, -0.25) is 4.79 Å². The van der Waals surface area contributed by atoms with E-state index in [-0.39, 0.29) is 5.92 Å². The van der Waals surface area contributed by atoms with Gasteiger partial charge in [0, 0.05) is 18.9 Å². The summed E-state index contributed by atoms with van der Waals surface area (Å²) in [4.78, 5) is 14.9. The predicted octanol–water partition coefficient (Wildman–Crippen LogP) is 4.92. The zero-order valence-corrected chi connectivity index (χ0v) is 15.1. The first-order valence-electron chi connectivity index (χ1n) is 9.13. The molecule has 0 aromatic carbocycles. The predicted molar refractivity (Wildman–Crippen MR) is 91.5 cm³/mol. The summed E-state index contributed by atoms with van der Waals surface area (Å²) in [6.07, 6.45) is 8.01. The quantitative estimate of drug-likeness (QED) is 0.633. The van der Waals surface area contributed by atoms with Crippen molar-refractivity contribution in [2.75, 3.05) is 19.6 Å². The van der Waals surface area contributed by atoms with Crippen molar-refractivity contribution in [1.29, 1.82) is 0 Å². The van der Waals surface area contributed by atoms with Crippen molar-refractivity contribution < 1.29 is 4.79 Å². The minimum atomic E-state index is 0.289. The SMILES string of the molecule is CCCCN(CCCC)CC1CC(C(C)(C)C)CCC1=O. The lowest BCUT2D eigenvalue weighted by molar-refractivity contribution is -0.127. The molecule has 1 saturated carbocycles. The Bertz CT molecular complexity index is 297. The molecule has 21 heavy (non-hydrogen) atoms. The third kappa shape index (κ3) is 6.50. The monoisotopic (exact) mass is 295 g/mol. The highest BCUT2D eigenvalue weighted by Crippen LogP contribution is 2.39. The van der Waals surface area contributed by atoms with E-state index in [1.165, 1.54) is 38.8 Å². The summed E-state index contributed by atoms with van der Waals surface area (Å²) >= 11 is 0. The van der Waals surface area contributed by atoms with Crippen LogP contribution in [0.2, 0.25) is 0 Å². The Hall–Kier alpha value is -0.370. The fourth-order valence-electron chi connectivity index (χ4n) is 3.45. The molecule has 2 nitrogen and oxygen atoms in total. The van der Waals surface area contributed by atoms with E-state index in [0.717, 1.165) is 25.8 Å². The zero-order chi connectivity index (χ0) is 15.9. The maximum Gasteiger partial charge on any atom is 0.137 e.